The Morgan fingerprint density at radius 1 is 1.19 bits per heavy atom. The van der Waals surface area contributed by atoms with Gasteiger partial charge < -0.3 is 19.7 Å². The number of amides is 1. The monoisotopic (exact) mass is 430 g/mol. The van der Waals surface area contributed by atoms with Gasteiger partial charge in [0, 0.05) is 30.8 Å². The number of H-pyrrole nitrogens is 1. The molecule has 1 aliphatic rings. The van der Waals surface area contributed by atoms with Crippen molar-refractivity contribution >= 4 is 22.8 Å². The van der Waals surface area contributed by atoms with Crippen molar-refractivity contribution in [1.82, 2.24) is 25.5 Å². The molecule has 0 radical (unpaired) electrons. The average Bonchev–Trinajstić information content (AvgIpc) is 3.44. The van der Waals surface area contributed by atoms with Crippen LogP contribution < -0.4 is 19.7 Å². The molecule has 3 aromatic rings. The number of carbonyl (C=O) groups is 1. The molecule has 2 aromatic heterocycles. The number of hydrogen-bond donors (Lipinski definition) is 2. The molecule has 0 saturated carbocycles. The van der Waals surface area contributed by atoms with Crippen LogP contribution in [-0.2, 0) is 4.79 Å². The highest BCUT2D eigenvalue weighted by atomic mass is 16.5. The van der Waals surface area contributed by atoms with Gasteiger partial charge in [-0.15, -0.1) is 0 Å². The molecular formula is C23H22N6O3. The maximum absolute atomic E-state index is 11.8. The molecule has 0 spiro atoms. The number of anilines is 1. The Hall–Kier alpha value is -4.24. The molecule has 9 heteroatoms. The van der Waals surface area contributed by atoms with Crippen molar-refractivity contribution in [3.05, 3.63) is 35.8 Å². The minimum Gasteiger partial charge on any atom is -0.497 e. The largest absolute Gasteiger partial charge is 0.497 e. The molecule has 162 valence electrons. The molecule has 4 rings (SSSR count). The molecule has 1 aromatic carbocycles. The molecule has 9 nitrogen and oxygen atoms in total. The van der Waals surface area contributed by atoms with Crippen molar-refractivity contribution in [1.29, 1.82) is 0 Å². The van der Waals surface area contributed by atoms with E-state index in [9.17, 15) is 4.79 Å². The summed E-state index contributed by atoms with van der Waals surface area (Å²) >= 11 is 0. The van der Waals surface area contributed by atoms with Crippen LogP contribution in [-0.4, -0.2) is 59.4 Å². The molecular weight excluding hydrogens is 408 g/mol. The zero-order chi connectivity index (χ0) is 22.5. The first kappa shape index (κ1) is 21.0. The zero-order valence-electron chi connectivity index (χ0n) is 18.0. The first-order valence-electron chi connectivity index (χ1n) is 10.0. The minimum atomic E-state index is -0.268. The first-order valence-corrected chi connectivity index (χ1v) is 10.0. The Labute approximate surface area is 185 Å². The second kappa shape index (κ2) is 9.27. The fourth-order valence-corrected chi connectivity index (χ4v) is 3.59. The van der Waals surface area contributed by atoms with Crippen LogP contribution in [0.5, 0.6) is 11.5 Å². The first-order chi connectivity index (χ1) is 15.6. The lowest BCUT2D eigenvalue weighted by molar-refractivity contribution is -0.116. The number of fused-ring (bicyclic) bond motifs is 1. The van der Waals surface area contributed by atoms with Crippen LogP contribution in [0.25, 0.3) is 11.0 Å². The standard InChI is InChI=1S/C23H22N6O3/c1-4-5-20(30)26-16-8-9-29(13-16)23-21-19(27-28-22(21)24-14-25-23)7-6-15-10-17(31-2)12-18(11-15)32-3/h10-12,14,16H,8-9,13H2,1-3H3,(H,26,30)(H,24,25,27,28)/t16-/m1/s1. The number of methoxy groups -OCH3 is 2. The van der Waals surface area contributed by atoms with Gasteiger partial charge >= 0.3 is 0 Å². The van der Waals surface area contributed by atoms with E-state index in [0.717, 1.165) is 29.7 Å². The smallest absolute Gasteiger partial charge is 0.296 e. The summed E-state index contributed by atoms with van der Waals surface area (Å²) in [7, 11) is 3.19. The van der Waals surface area contributed by atoms with E-state index in [1.807, 2.05) is 12.1 Å². The molecule has 1 atom stereocenters. The maximum atomic E-state index is 11.8. The van der Waals surface area contributed by atoms with Crippen molar-refractivity contribution in [2.75, 3.05) is 32.2 Å². The number of nitrogens with one attached hydrogen (secondary N) is 2. The normalized spacial score (nSPS) is 14.8. The fraction of sp³-hybridized carbons (Fsp3) is 0.304. The van der Waals surface area contributed by atoms with Crippen molar-refractivity contribution in [2.45, 2.75) is 19.4 Å². The second-order valence-electron chi connectivity index (χ2n) is 7.12. The van der Waals surface area contributed by atoms with Crippen LogP contribution in [0, 0.1) is 23.7 Å². The topological polar surface area (TPSA) is 105 Å². The Morgan fingerprint density at radius 2 is 1.97 bits per heavy atom. The van der Waals surface area contributed by atoms with E-state index < -0.39 is 0 Å². The summed E-state index contributed by atoms with van der Waals surface area (Å²) < 4.78 is 10.6. The third-order valence-corrected chi connectivity index (χ3v) is 5.08. The van der Waals surface area contributed by atoms with Gasteiger partial charge in [-0.1, -0.05) is 11.8 Å². The van der Waals surface area contributed by atoms with Crippen LogP contribution in [0.2, 0.25) is 0 Å². The van der Waals surface area contributed by atoms with Gasteiger partial charge in [0.2, 0.25) is 0 Å². The second-order valence-corrected chi connectivity index (χ2v) is 7.12. The third kappa shape index (κ3) is 4.42. The summed E-state index contributed by atoms with van der Waals surface area (Å²) in [5.74, 6) is 13.1. The molecule has 1 aliphatic heterocycles. The van der Waals surface area contributed by atoms with Gasteiger partial charge in [-0.25, -0.2) is 9.97 Å². The molecule has 0 bridgehead atoms. The molecule has 3 heterocycles. The van der Waals surface area contributed by atoms with Crippen molar-refractivity contribution < 1.29 is 14.3 Å². The summed E-state index contributed by atoms with van der Waals surface area (Å²) in [6, 6.07) is 5.44. The third-order valence-electron chi connectivity index (χ3n) is 5.08. The van der Waals surface area contributed by atoms with E-state index in [2.05, 4.69) is 54.1 Å². The van der Waals surface area contributed by atoms with E-state index in [1.165, 1.54) is 6.33 Å². The van der Waals surface area contributed by atoms with E-state index in [-0.39, 0.29) is 11.9 Å². The van der Waals surface area contributed by atoms with Crippen LogP contribution in [0.4, 0.5) is 5.82 Å². The summed E-state index contributed by atoms with van der Waals surface area (Å²) in [4.78, 5) is 22.7. The van der Waals surface area contributed by atoms with Gasteiger partial charge in [0.05, 0.1) is 19.6 Å². The van der Waals surface area contributed by atoms with E-state index in [1.54, 1.807) is 27.2 Å². The number of aromatic nitrogens is 4. The number of nitrogens with zero attached hydrogens (tertiary/aromatic N) is 4. The number of rotatable bonds is 4. The lowest BCUT2D eigenvalue weighted by atomic mass is 10.2. The van der Waals surface area contributed by atoms with Crippen LogP contribution in [0.1, 0.15) is 24.6 Å². The summed E-state index contributed by atoms with van der Waals surface area (Å²) in [6.45, 7) is 3.00. The minimum absolute atomic E-state index is 0.000881. The summed E-state index contributed by atoms with van der Waals surface area (Å²) in [5, 5.41) is 10.9. The van der Waals surface area contributed by atoms with Crippen molar-refractivity contribution in [3.8, 4) is 35.2 Å². The summed E-state index contributed by atoms with van der Waals surface area (Å²) in [6.07, 6.45) is 2.29. The lowest BCUT2D eigenvalue weighted by Crippen LogP contribution is -2.36. The summed E-state index contributed by atoms with van der Waals surface area (Å²) in [5.41, 5.74) is 1.88. The van der Waals surface area contributed by atoms with Gasteiger partial charge in [0.25, 0.3) is 5.91 Å². The Morgan fingerprint density at radius 3 is 2.69 bits per heavy atom. The van der Waals surface area contributed by atoms with Crippen molar-refractivity contribution in [3.63, 3.8) is 0 Å². The van der Waals surface area contributed by atoms with Gasteiger partial charge in [-0.3, -0.25) is 9.89 Å². The predicted molar refractivity (Wildman–Crippen MR) is 119 cm³/mol. The average molecular weight is 430 g/mol. The van der Waals surface area contributed by atoms with Crippen LogP contribution in [0.15, 0.2) is 24.5 Å². The predicted octanol–water partition coefficient (Wildman–Crippen LogP) is 1.49. The molecule has 1 amide bonds. The fourth-order valence-electron chi connectivity index (χ4n) is 3.59. The highest BCUT2D eigenvalue weighted by Crippen LogP contribution is 2.28. The van der Waals surface area contributed by atoms with Crippen molar-refractivity contribution in [2.24, 2.45) is 0 Å². The molecule has 0 aliphatic carbocycles. The van der Waals surface area contributed by atoms with Gasteiger partial charge in [0.15, 0.2) is 5.65 Å². The highest BCUT2D eigenvalue weighted by Gasteiger charge is 2.27. The number of benzene rings is 1. The van der Waals surface area contributed by atoms with Gasteiger partial charge in [0.1, 0.15) is 29.3 Å². The quantitative estimate of drug-likeness (QED) is 0.604. The maximum Gasteiger partial charge on any atom is 0.296 e. The van der Waals surface area contributed by atoms with Gasteiger partial charge in [-0.05, 0) is 37.3 Å². The molecule has 1 fully saturated rings. The van der Waals surface area contributed by atoms with E-state index >= 15 is 0 Å². The highest BCUT2D eigenvalue weighted by molar-refractivity contribution is 5.94. The number of carbonyl (C=O) groups excluding carboxylic acids is 1. The number of aromatic amines is 1. The molecule has 0 unspecified atom stereocenters. The van der Waals surface area contributed by atoms with Crippen LogP contribution in [0.3, 0.4) is 0 Å². The van der Waals surface area contributed by atoms with E-state index in [4.69, 9.17) is 9.47 Å². The zero-order valence-corrected chi connectivity index (χ0v) is 18.0. The lowest BCUT2D eigenvalue weighted by Gasteiger charge is -2.18. The Bertz CT molecular complexity index is 1260. The Kier molecular flexibility index (Phi) is 6.09. The van der Waals surface area contributed by atoms with E-state index in [0.29, 0.717) is 29.4 Å². The number of ether oxygens (including phenoxy) is 2. The molecule has 1 saturated heterocycles. The number of hydrogen-bond acceptors (Lipinski definition) is 7. The van der Waals surface area contributed by atoms with Gasteiger partial charge in [-0.2, -0.15) is 5.10 Å². The molecule has 2 N–H and O–H groups in total. The SMILES string of the molecule is CC#CC(=O)N[C@@H]1CCN(c2ncnc3[nH]nc(C#Cc4cc(OC)cc(OC)c4)c23)C1. The van der Waals surface area contributed by atoms with Crippen LogP contribution >= 0.6 is 0 Å². The Balaban J connectivity index is 1.63. The molecule has 32 heavy (non-hydrogen) atoms.